The number of anilines is 1. The molecule has 2 N–H and O–H groups in total. The van der Waals surface area contributed by atoms with Crippen LogP contribution < -0.4 is 19.7 Å². The topological polar surface area (TPSA) is 83.9 Å². The van der Waals surface area contributed by atoms with Crippen LogP contribution in [0.4, 0.5) is 5.69 Å². The van der Waals surface area contributed by atoms with Gasteiger partial charge in [-0.1, -0.05) is 24.3 Å². The van der Waals surface area contributed by atoms with Gasteiger partial charge in [-0.3, -0.25) is 9.78 Å². The van der Waals surface area contributed by atoms with Crippen LogP contribution in [0.1, 0.15) is 21.6 Å². The Bertz CT molecular complexity index is 1100. The number of aliphatic hydroxyl groups is 1. The SMILES string of the molecule is Cc1c(-c2ccc3c(c2)OCCO3)cccc1N(C)C(=O)c1ccc(CNCCO)cn1. The summed E-state index contributed by atoms with van der Waals surface area (Å²) in [5, 5.41) is 12.0. The van der Waals surface area contributed by atoms with Gasteiger partial charge in [-0.25, -0.2) is 0 Å². The Morgan fingerprint density at radius 3 is 2.69 bits per heavy atom. The summed E-state index contributed by atoms with van der Waals surface area (Å²) >= 11 is 0. The maximum absolute atomic E-state index is 13.1. The second-order valence-corrected chi connectivity index (χ2v) is 7.62. The molecule has 7 nitrogen and oxygen atoms in total. The lowest BCUT2D eigenvalue weighted by Gasteiger charge is -2.22. The molecule has 0 saturated carbocycles. The van der Waals surface area contributed by atoms with Gasteiger partial charge in [0.1, 0.15) is 18.9 Å². The number of hydrogen-bond donors (Lipinski definition) is 2. The van der Waals surface area contributed by atoms with Crippen LogP contribution >= 0.6 is 0 Å². The van der Waals surface area contributed by atoms with Crippen LogP contribution in [0.2, 0.25) is 0 Å². The minimum atomic E-state index is -0.178. The molecule has 0 bridgehead atoms. The van der Waals surface area contributed by atoms with Crippen molar-refractivity contribution in [2.75, 3.05) is 38.3 Å². The number of rotatable bonds is 7. The molecule has 0 unspecified atom stereocenters. The zero-order valence-corrected chi connectivity index (χ0v) is 18.3. The van der Waals surface area contributed by atoms with Gasteiger partial charge in [0.05, 0.1) is 6.61 Å². The third kappa shape index (κ3) is 4.59. The number of aromatic nitrogens is 1. The van der Waals surface area contributed by atoms with Crippen molar-refractivity contribution in [3.05, 3.63) is 71.5 Å². The lowest BCUT2D eigenvalue weighted by molar-refractivity contribution is 0.0988. The van der Waals surface area contributed by atoms with E-state index >= 15 is 0 Å². The number of carbonyl (C=O) groups excluding carboxylic acids is 1. The number of ether oxygens (including phenoxy) is 2. The molecule has 1 amide bonds. The number of hydrogen-bond acceptors (Lipinski definition) is 6. The molecule has 7 heteroatoms. The summed E-state index contributed by atoms with van der Waals surface area (Å²) in [7, 11) is 1.76. The summed E-state index contributed by atoms with van der Waals surface area (Å²) in [6.45, 7) is 4.29. The first-order chi connectivity index (χ1) is 15.6. The van der Waals surface area contributed by atoms with Gasteiger partial charge in [0, 0.05) is 32.0 Å². The molecule has 1 aliphatic rings. The van der Waals surface area contributed by atoms with Gasteiger partial charge >= 0.3 is 0 Å². The van der Waals surface area contributed by atoms with Crippen LogP contribution in [0.15, 0.2) is 54.7 Å². The molecule has 3 aromatic rings. The highest BCUT2D eigenvalue weighted by Crippen LogP contribution is 2.37. The Morgan fingerprint density at radius 1 is 1.12 bits per heavy atom. The molecular formula is C25H27N3O4. The van der Waals surface area contributed by atoms with Crippen LogP contribution in [-0.2, 0) is 6.54 Å². The van der Waals surface area contributed by atoms with E-state index in [2.05, 4.69) is 10.3 Å². The maximum Gasteiger partial charge on any atom is 0.276 e. The Hall–Kier alpha value is -3.42. The van der Waals surface area contributed by atoms with Crippen molar-refractivity contribution in [3.63, 3.8) is 0 Å². The molecule has 166 valence electrons. The van der Waals surface area contributed by atoms with E-state index in [-0.39, 0.29) is 12.5 Å². The Labute approximate surface area is 187 Å². The summed E-state index contributed by atoms with van der Waals surface area (Å²) < 4.78 is 11.3. The van der Waals surface area contributed by atoms with Crippen molar-refractivity contribution in [2.45, 2.75) is 13.5 Å². The third-order valence-electron chi connectivity index (χ3n) is 5.49. The number of pyridine rings is 1. The molecule has 0 aliphatic carbocycles. The van der Waals surface area contributed by atoms with Gasteiger partial charge in [-0.15, -0.1) is 0 Å². The van der Waals surface area contributed by atoms with E-state index in [9.17, 15) is 4.79 Å². The van der Waals surface area contributed by atoms with E-state index in [0.717, 1.165) is 39.4 Å². The van der Waals surface area contributed by atoms with Crippen LogP contribution in [0.5, 0.6) is 11.5 Å². The van der Waals surface area contributed by atoms with Crippen LogP contribution in [0, 0.1) is 6.92 Å². The molecule has 1 aliphatic heterocycles. The summed E-state index contributed by atoms with van der Waals surface area (Å²) in [6, 6.07) is 15.4. The van der Waals surface area contributed by atoms with Crippen LogP contribution in [-0.4, -0.2) is 49.4 Å². The molecule has 0 spiro atoms. The zero-order chi connectivity index (χ0) is 22.5. The number of nitrogens with one attached hydrogen (secondary N) is 1. The third-order valence-corrected chi connectivity index (χ3v) is 5.49. The fraction of sp³-hybridized carbons (Fsp3) is 0.280. The van der Waals surface area contributed by atoms with Crippen molar-refractivity contribution >= 4 is 11.6 Å². The number of benzene rings is 2. The summed E-state index contributed by atoms with van der Waals surface area (Å²) in [6.07, 6.45) is 1.68. The number of fused-ring (bicyclic) bond motifs is 1. The molecule has 4 rings (SSSR count). The van der Waals surface area contributed by atoms with Gasteiger partial charge in [0.15, 0.2) is 11.5 Å². The van der Waals surface area contributed by atoms with Gasteiger partial charge in [-0.2, -0.15) is 0 Å². The summed E-state index contributed by atoms with van der Waals surface area (Å²) in [5.41, 5.74) is 5.17. The molecule has 0 saturated heterocycles. The smallest absolute Gasteiger partial charge is 0.276 e. The van der Waals surface area contributed by atoms with Gasteiger partial charge in [0.25, 0.3) is 5.91 Å². The number of aliphatic hydroxyl groups excluding tert-OH is 1. The molecule has 32 heavy (non-hydrogen) atoms. The fourth-order valence-electron chi connectivity index (χ4n) is 3.76. The highest BCUT2D eigenvalue weighted by atomic mass is 16.6. The monoisotopic (exact) mass is 433 g/mol. The van der Waals surface area contributed by atoms with Gasteiger partial charge in [0.2, 0.25) is 0 Å². The van der Waals surface area contributed by atoms with Crippen molar-refractivity contribution in [3.8, 4) is 22.6 Å². The zero-order valence-electron chi connectivity index (χ0n) is 18.3. The molecule has 2 heterocycles. The Balaban J connectivity index is 1.55. The van der Waals surface area contributed by atoms with E-state index in [1.54, 1.807) is 24.2 Å². The largest absolute Gasteiger partial charge is 0.486 e. The molecule has 0 fully saturated rings. The number of carbonyl (C=O) groups is 1. The molecule has 0 radical (unpaired) electrons. The minimum absolute atomic E-state index is 0.0828. The Morgan fingerprint density at radius 2 is 1.94 bits per heavy atom. The van der Waals surface area contributed by atoms with Gasteiger partial charge in [-0.05, 0) is 53.4 Å². The fourth-order valence-corrected chi connectivity index (χ4v) is 3.76. The average molecular weight is 434 g/mol. The first kappa shape index (κ1) is 21.8. The van der Waals surface area contributed by atoms with E-state index in [1.165, 1.54) is 0 Å². The van der Waals surface area contributed by atoms with Crippen molar-refractivity contribution in [1.82, 2.24) is 10.3 Å². The molecular weight excluding hydrogens is 406 g/mol. The van der Waals surface area contributed by atoms with E-state index in [4.69, 9.17) is 14.6 Å². The predicted molar refractivity (Wildman–Crippen MR) is 123 cm³/mol. The number of amides is 1. The van der Waals surface area contributed by atoms with E-state index in [0.29, 0.717) is 32.0 Å². The van der Waals surface area contributed by atoms with Crippen LogP contribution in [0.25, 0.3) is 11.1 Å². The van der Waals surface area contributed by atoms with E-state index in [1.807, 2.05) is 49.4 Å². The highest BCUT2D eigenvalue weighted by molar-refractivity contribution is 6.05. The lowest BCUT2D eigenvalue weighted by Crippen LogP contribution is -2.28. The first-order valence-corrected chi connectivity index (χ1v) is 10.6. The quantitative estimate of drug-likeness (QED) is 0.557. The molecule has 1 aromatic heterocycles. The van der Waals surface area contributed by atoms with Crippen LogP contribution in [0.3, 0.4) is 0 Å². The van der Waals surface area contributed by atoms with E-state index < -0.39 is 0 Å². The molecule has 2 aromatic carbocycles. The highest BCUT2D eigenvalue weighted by Gasteiger charge is 2.19. The first-order valence-electron chi connectivity index (χ1n) is 10.6. The standard InChI is InChI=1S/C25H27N3O4/c1-17-20(19-7-9-23-24(14-19)32-13-12-31-23)4-3-5-22(17)28(2)25(30)21-8-6-18(16-27-21)15-26-10-11-29/h3-9,14,16,26,29H,10-13,15H2,1-2H3. The van der Waals surface area contributed by atoms with Crippen molar-refractivity contribution < 1.29 is 19.4 Å². The maximum atomic E-state index is 13.1. The molecule has 0 atom stereocenters. The predicted octanol–water partition coefficient (Wildman–Crippen LogP) is 3.19. The number of nitrogens with zero attached hydrogens (tertiary/aromatic N) is 2. The second kappa shape index (κ2) is 9.80. The minimum Gasteiger partial charge on any atom is -0.486 e. The van der Waals surface area contributed by atoms with Crippen molar-refractivity contribution in [2.24, 2.45) is 0 Å². The lowest BCUT2D eigenvalue weighted by atomic mass is 9.98. The average Bonchev–Trinajstić information content (AvgIpc) is 2.83. The second-order valence-electron chi connectivity index (χ2n) is 7.62. The summed E-state index contributed by atoms with van der Waals surface area (Å²) in [4.78, 5) is 19.1. The normalized spacial score (nSPS) is 12.5. The Kier molecular flexibility index (Phi) is 6.68. The van der Waals surface area contributed by atoms with Crippen molar-refractivity contribution in [1.29, 1.82) is 0 Å². The van der Waals surface area contributed by atoms with Gasteiger partial charge < -0.3 is 24.8 Å². The summed E-state index contributed by atoms with van der Waals surface area (Å²) in [5.74, 6) is 1.31.